The van der Waals surface area contributed by atoms with E-state index < -0.39 is 0 Å². The predicted molar refractivity (Wildman–Crippen MR) is 151 cm³/mol. The lowest BCUT2D eigenvalue weighted by molar-refractivity contribution is 0.0984. The van der Waals surface area contributed by atoms with Crippen LogP contribution in [0.4, 0.5) is 5.69 Å². The zero-order chi connectivity index (χ0) is 25.7. The number of nitrogens with zero attached hydrogens (tertiary/aromatic N) is 2. The zero-order valence-corrected chi connectivity index (χ0v) is 22.8. The summed E-state index contributed by atoms with van der Waals surface area (Å²) in [7, 11) is 1.59. The molecule has 36 heavy (non-hydrogen) atoms. The van der Waals surface area contributed by atoms with Gasteiger partial charge >= 0.3 is 0 Å². The molecule has 5 nitrogen and oxygen atoms in total. The number of aryl methyl sites for hydroxylation is 1. The summed E-state index contributed by atoms with van der Waals surface area (Å²) in [6, 6.07) is 13.6. The summed E-state index contributed by atoms with van der Waals surface area (Å²) in [5, 5.41) is 1.51. The number of anilines is 1. The Morgan fingerprint density at radius 3 is 2.69 bits per heavy atom. The molecule has 186 valence electrons. The van der Waals surface area contributed by atoms with Crippen LogP contribution in [0.1, 0.15) is 39.3 Å². The van der Waals surface area contributed by atoms with Crippen LogP contribution in [0, 0.1) is 6.92 Å². The Morgan fingerprint density at radius 1 is 1.22 bits per heavy atom. The van der Waals surface area contributed by atoms with Crippen LogP contribution in [0.15, 0.2) is 77.2 Å². The number of carbonyl (C=O) groups is 1. The number of thiazole rings is 1. The van der Waals surface area contributed by atoms with Crippen molar-refractivity contribution < 1.29 is 13.7 Å². The molecule has 0 aliphatic carbocycles. The third-order valence-corrected chi connectivity index (χ3v) is 7.92. The van der Waals surface area contributed by atoms with E-state index in [2.05, 4.69) is 6.58 Å². The molecule has 4 rings (SSSR count). The van der Waals surface area contributed by atoms with Gasteiger partial charge in [-0.3, -0.25) is 4.79 Å². The average Bonchev–Trinajstić information content (AvgIpc) is 3.34. The third kappa shape index (κ3) is 5.86. The quantitative estimate of drug-likeness (QED) is 0.205. The second kappa shape index (κ2) is 11.8. The van der Waals surface area contributed by atoms with Crippen molar-refractivity contribution in [2.45, 2.75) is 31.6 Å². The summed E-state index contributed by atoms with van der Waals surface area (Å²) in [5.74, 6) is 1.08. The summed E-state index contributed by atoms with van der Waals surface area (Å²) in [6.07, 6.45) is 6.89. The predicted octanol–water partition coefficient (Wildman–Crippen LogP) is 7.85. The number of rotatable bonds is 9. The molecule has 0 spiro atoms. The van der Waals surface area contributed by atoms with Crippen molar-refractivity contribution in [1.82, 2.24) is 4.98 Å². The number of carbonyl (C=O) groups excluding carboxylic acids is 1. The highest BCUT2D eigenvalue weighted by Crippen LogP contribution is 2.38. The van der Waals surface area contributed by atoms with Crippen LogP contribution in [-0.2, 0) is 6.42 Å². The van der Waals surface area contributed by atoms with Crippen LogP contribution in [0.3, 0.4) is 0 Å². The SMILES string of the molecule is C=C/C(=C\C=C(\Cl)CC)c1nc2c(s1)C(=O)N(c1ccc(OSc3ccc(C)cc3)c(OC)c1)CC2. The molecule has 0 N–H and O–H groups in total. The molecule has 0 unspecified atom stereocenters. The largest absolute Gasteiger partial charge is 0.493 e. The number of methoxy groups -OCH3 is 1. The number of allylic oxidation sites excluding steroid dienone is 5. The van der Waals surface area contributed by atoms with Gasteiger partial charge in [0.2, 0.25) is 0 Å². The maximum Gasteiger partial charge on any atom is 0.270 e. The highest BCUT2D eigenvalue weighted by Gasteiger charge is 2.30. The van der Waals surface area contributed by atoms with E-state index in [0.29, 0.717) is 29.3 Å². The van der Waals surface area contributed by atoms with Crippen molar-refractivity contribution >= 4 is 52.1 Å². The van der Waals surface area contributed by atoms with Crippen LogP contribution in [0.2, 0.25) is 0 Å². The van der Waals surface area contributed by atoms with Crippen molar-refractivity contribution in [3.63, 3.8) is 0 Å². The molecule has 2 heterocycles. The van der Waals surface area contributed by atoms with Crippen LogP contribution in [0.5, 0.6) is 11.5 Å². The van der Waals surface area contributed by atoms with E-state index in [1.165, 1.54) is 28.9 Å². The highest BCUT2D eigenvalue weighted by molar-refractivity contribution is 7.95. The molecule has 2 aromatic carbocycles. The molecule has 3 aromatic rings. The van der Waals surface area contributed by atoms with Gasteiger partial charge in [0.25, 0.3) is 5.91 Å². The summed E-state index contributed by atoms with van der Waals surface area (Å²) >= 11 is 8.79. The van der Waals surface area contributed by atoms with E-state index >= 15 is 0 Å². The normalized spacial score (nSPS) is 14.0. The second-order valence-corrected chi connectivity index (χ2v) is 10.4. The van der Waals surface area contributed by atoms with Gasteiger partial charge in [-0.15, -0.1) is 11.3 Å². The van der Waals surface area contributed by atoms with E-state index in [4.69, 9.17) is 25.5 Å². The number of benzene rings is 2. The molecule has 0 bridgehead atoms. The maximum atomic E-state index is 13.4. The minimum absolute atomic E-state index is 0.0738. The Morgan fingerprint density at radius 2 is 2.00 bits per heavy atom. The van der Waals surface area contributed by atoms with Crippen molar-refractivity contribution in [1.29, 1.82) is 0 Å². The summed E-state index contributed by atoms with van der Waals surface area (Å²) in [4.78, 5) is 21.5. The molecule has 1 aromatic heterocycles. The topological polar surface area (TPSA) is 51.7 Å². The van der Waals surface area contributed by atoms with Gasteiger partial charge in [0, 0.05) is 40.2 Å². The molecule has 8 heteroatoms. The lowest BCUT2D eigenvalue weighted by atomic mass is 10.1. The third-order valence-electron chi connectivity index (χ3n) is 5.66. The van der Waals surface area contributed by atoms with E-state index in [1.54, 1.807) is 18.1 Å². The lowest BCUT2D eigenvalue weighted by Gasteiger charge is -2.26. The minimum Gasteiger partial charge on any atom is -0.493 e. The van der Waals surface area contributed by atoms with Gasteiger partial charge in [-0.25, -0.2) is 4.98 Å². The number of amides is 1. The molecular formula is C28H27ClN2O3S2. The molecular weight excluding hydrogens is 512 g/mol. The highest BCUT2D eigenvalue weighted by atomic mass is 35.5. The number of halogens is 1. The molecule has 0 saturated carbocycles. The van der Waals surface area contributed by atoms with Gasteiger partial charge in [0.1, 0.15) is 9.88 Å². The first-order chi connectivity index (χ1) is 17.4. The van der Waals surface area contributed by atoms with Gasteiger partial charge in [-0.1, -0.05) is 55.0 Å². The van der Waals surface area contributed by atoms with E-state index in [-0.39, 0.29) is 5.91 Å². The fraction of sp³-hybridized carbons (Fsp3) is 0.214. The Kier molecular flexibility index (Phi) is 8.56. The lowest BCUT2D eigenvalue weighted by Crippen LogP contribution is -2.36. The second-order valence-electron chi connectivity index (χ2n) is 8.11. The van der Waals surface area contributed by atoms with Gasteiger partial charge in [-0.05, 0) is 43.7 Å². The first-order valence-electron chi connectivity index (χ1n) is 11.5. The minimum atomic E-state index is -0.0738. The molecule has 1 aliphatic rings. The van der Waals surface area contributed by atoms with Crippen LogP contribution < -0.4 is 13.8 Å². The number of hydrogen-bond acceptors (Lipinski definition) is 6. The number of ether oxygens (including phenoxy) is 1. The van der Waals surface area contributed by atoms with Crippen molar-refractivity contribution in [3.8, 4) is 11.5 Å². The summed E-state index contributed by atoms with van der Waals surface area (Å²) in [5.41, 5.74) is 3.60. The Balaban J connectivity index is 1.54. The first-order valence-corrected chi connectivity index (χ1v) is 13.5. The fourth-order valence-electron chi connectivity index (χ4n) is 3.60. The summed E-state index contributed by atoms with van der Waals surface area (Å²) in [6.45, 7) is 8.47. The molecule has 0 fully saturated rings. The van der Waals surface area contributed by atoms with Crippen molar-refractivity contribution in [2.75, 3.05) is 18.6 Å². The van der Waals surface area contributed by atoms with E-state index in [9.17, 15) is 4.79 Å². The number of fused-ring (bicyclic) bond motifs is 1. The van der Waals surface area contributed by atoms with Crippen molar-refractivity contribution in [2.24, 2.45) is 0 Å². The fourth-order valence-corrected chi connectivity index (χ4v) is 5.32. The van der Waals surface area contributed by atoms with Crippen LogP contribution >= 0.6 is 35.0 Å². The van der Waals surface area contributed by atoms with E-state index in [0.717, 1.165) is 38.3 Å². The standard InChI is InChI=1S/C28H27ClN2O3S2/c1-5-19(9-10-20(29)6-2)27-30-23-15-16-31(28(32)26(23)35-27)21-11-14-24(25(17-21)33-4)34-36-22-12-7-18(3)8-13-22/h5,7-14,17H,1,6,15-16H2,2-4H3/b19-9+,20-10+. The van der Waals surface area contributed by atoms with Gasteiger partial charge in [0.05, 0.1) is 24.8 Å². The Hall–Kier alpha value is -3.00. The summed E-state index contributed by atoms with van der Waals surface area (Å²) < 4.78 is 11.5. The number of hydrogen-bond donors (Lipinski definition) is 0. The number of aromatic nitrogens is 1. The average molecular weight is 539 g/mol. The van der Waals surface area contributed by atoms with E-state index in [1.807, 2.05) is 68.5 Å². The zero-order valence-electron chi connectivity index (χ0n) is 20.4. The van der Waals surface area contributed by atoms with Crippen molar-refractivity contribution in [3.05, 3.63) is 93.4 Å². The monoisotopic (exact) mass is 538 g/mol. The molecule has 1 amide bonds. The van der Waals surface area contributed by atoms with Gasteiger partial charge in [-0.2, -0.15) is 0 Å². The Labute approximate surface area is 225 Å². The first kappa shape index (κ1) is 26.1. The molecule has 0 atom stereocenters. The Bertz CT molecular complexity index is 1330. The van der Waals surface area contributed by atoms with Crippen LogP contribution in [0.25, 0.3) is 5.57 Å². The smallest absolute Gasteiger partial charge is 0.270 e. The molecule has 1 aliphatic heterocycles. The van der Waals surface area contributed by atoms with Crippen LogP contribution in [-0.4, -0.2) is 24.5 Å². The maximum absolute atomic E-state index is 13.4. The molecule has 0 saturated heterocycles. The van der Waals surface area contributed by atoms with Gasteiger partial charge in [0.15, 0.2) is 11.5 Å². The van der Waals surface area contributed by atoms with Gasteiger partial charge < -0.3 is 13.8 Å². The molecule has 0 radical (unpaired) electrons.